The maximum Gasteiger partial charge on any atom is 0.240 e. The van der Waals surface area contributed by atoms with Crippen molar-refractivity contribution in [1.29, 1.82) is 0 Å². The predicted octanol–water partition coefficient (Wildman–Crippen LogP) is 1.54. The van der Waals surface area contributed by atoms with Gasteiger partial charge in [-0.3, -0.25) is 0 Å². The topological polar surface area (TPSA) is 68.2 Å². The molecule has 1 aromatic carbocycles. The van der Waals surface area contributed by atoms with E-state index in [-0.39, 0.29) is 29.5 Å². The molecule has 2 aromatic rings. The van der Waals surface area contributed by atoms with Gasteiger partial charge in [-0.25, -0.2) is 8.78 Å². The first kappa shape index (κ1) is 12.4. The molecule has 1 aromatic heterocycles. The molecule has 0 unspecified atom stereocenters. The normalized spacial score (nSPS) is 10.7. The summed E-state index contributed by atoms with van der Waals surface area (Å²) in [6.07, 6.45) is 0. The van der Waals surface area contributed by atoms with Crippen LogP contribution in [0.15, 0.2) is 16.7 Å². The Hall–Kier alpha value is -2.02. The second-order valence-corrected chi connectivity index (χ2v) is 3.86. The Bertz CT molecular complexity index is 568. The highest BCUT2D eigenvalue weighted by molar-refractivity contribution is 5.75. The van der Waals surface area contributed by atoms with Gasteiger partial charge in [-0.05, 0) is 12.1 Å². The molecule has 5 nitrogen and oxygen atoms in total. The molecule has 0 amide bonds. The van der Waals surface area contributed by atoms with Gasteiger partial charge < -0.3 is 15.2 Å². The Morgan fingerprint density at radius 3 is 2.50 bits per heavy atom. The van der Waals surface area contributed by atoms with Gasteiger partial charge in [0.05, 0.1) is 17.8 Å². The predicted molar refractivity (Wildman–Crippen MR) is 61.9 cm³/mol. The van der Waals surface area contributed by atoms with Crippen molar-refractivity contribution in [2.75, 3.05) is 19.0 Å². The maximum absolute atomic E-state index is 13.8. The summed E-state index contributed by atoms with van der Waals surface area (Å²) in [4.78, 5) is 5.36. The van der Waals surface area contributed by atoms with Gasteiger partial charge in [-0.15, -0.1) is 0 Å². The average Bonchev–Trinajstić information content (AvgIpc) is 2.79. The van der Waals surface area contributed by atoms with Crippen LogP contribution in [0.3, 0.4) is 0 Å². The van der Waals surface area contributed by atoms with E-state index in [0.717, 1.165) is 12.1 Å². The van der Waals surface area contributed by atoms with Crippen molar-refractivity contribution in [3.8, 4) is 11.4 Å². The number of benzene rings is 1. The summed E-state index contributed by atoms with van der Waals surface area (Å²) in [5.74, 6) is -1.03. The van der Waals surface area contributed by atoms with Gasteiger partial charge in [0.25, 0.3) is 0 Å². The Morgan fingerprint density at radius 1 is 1.28 bits per heavy atom. The minimum Gasteiger partial charge on any atom is -0.375 e. The second-order valence-electron chi connectivity index (χ2n) is 3.86. The zero-order valence-corrected chi connectivity index (χ0v) is 9.94. The lowest BCUT2D eigenvalue weighted by Crippen LogP contribution is -2.13. The minimum absolute atomic E-state index is 0.0175. The summed E-state index contributed by atoms with van der Waals surface area (Å²) < 4.78 is 32.4. The Kier molecular flexibility index (Phi) is 3.24. The van der Waals surface area contributed by atoms with Crippen LogP contribution in [0.25, 0.3) is 11.4 Å². The quantitative estimate of drug-likeness (QED) is 0.899. The van der Waals surface area contributed by atoms with Crippen LogP contribution < -0.4 is 10.6 Å². The number of rotatable bonds is 3. The van der Waals surface area contributed by atoms with Crippen molar-refractivity contribution in [2.45, 2.75) is 6.54 Å². The molecule has 0 bridgehead atoms. The third-order valence-corrected chi connectivity index (χ3v) is 2.39. The van der Waals surface area contributed by atoms with Crippen LogP contribution in [0.2, 0.25) is 0 Å². The largest absolute Gasteiger partial charge is 0.375 e. The molecule has 0 spiro atoms. The highest BCUT2D eigenvalue weighted by atomic mass is 19.1. The molecule has 18 heavy (non-hydrogen) atoms. The molecule has 0 saturated heterocycles. The maximum atomic E-state index is 13.8. The van der Waals surface area contributed by atoms with Gasteiger partial charge in [0.1, 0.15) is 11.6 Å². The lowest BCUT2D eigenvalue weighted by Gasteiger charge is -2.16. The van der Waals surface area contributed by atoms with E-state index in [1.165, 1.54) is 4.90 Å². The van der Waals surface area contributed by atoms with Crippen molar-refractivity contribution in [3.63, 3.8) is 0 Å². The van der Waals surface area contributed by atoms with Crippen LogP contribution in [-0.2, 0) is 6.54 Å². The molecule has 0 radical (unpaired) electrons. The molecule has 0 fully saturated rings. The molecule has 1 heterocycles. The van der Waals surface area contributed by atoms with E-state index in [9.17, 15) is 8.78 Å². The Morgan fingerprint density at radius 2 is 1.94 bits per heavy atom. The van der Waals surface area contributed by atoms with E-state index in [2.05, 4.69) is 10.1 Å². The van der Waals surface area contributed by atoms with Crippen molar-refractivity contribution < 1.29 is 13.3 Å². The molecule has 2 rings (SSSR count). The van der Waals surface area contributed by atoms with Crippen molar-refractivity contribution in [1.82, 2.24) is 10.1 Å². The van der Waals surface area contributed by atoms with Crippen LogP contribution in [0.4, 0.5) is 14.5 Å². The molecule has 7 heteroatoms. The van der Waals surface area contributed by atoms with Crippen LogP contribution in [0.5, 0.6) is 0 Å². The zero-order chi connectivity index (χ0) is 13.3. The Balaban J connectivity index is 2.65. The highest BCUT2D eigenvalue weighted by Crippen LogP contribution is 2.32. The van der Waals surface area contributed by atoms with E-state index in [1.807, 2.05) is 0 Å². The van der Waals surface area contributed by atoms with E-state index in [4.69, 9.17) is 10.3 Å². The molecule has 0 aliphatic carbocycles. The van der Waals surface area contributed by atoms with Crippen LogP contribution in [-0.4, -0.2) is 24.2 Å². The summed E-state index contributed by atoms with van der Waals surface area (Å²) in [6, 6.07) is 2.08. The second kappa shape index (κ2) is 4.69. The first-order chi connectivity index (χ1) is 8.54. The van der Waals surface area contributed by atoms with Crippen molar-refractivity contribution >= 4 is 5.69 Å². The first-order valence-electron chi connectivity index (χ1n) is 5.23. The number of aromatic nitrogens is 2. The number of hydrogen-bond donors (Lipinski definition) is 1. The first-order valence-corrected chi connectivity index (χ1v) is 5.23. The van der Waals surface area contributed by atoms with Crippen LogP contribution in [0, 0.1) is 11.6 Å². The lowest BCUT2D eigenvalue weighted by atomic mass is 10.1. The SMILES string of the molecule is CN(C)c1c(F)ccc(F)c1-c1noc(CN)n1. The van der Waals surface area contributed by atoms with Gasteiger partial charge >= 0.3 is 0 Å². The summed E-state index contributed by atoms with van der Waals surface area (Å²) >= 11 is 0. The molecule has 0 atom stereocenters. The van der Waals surface area contributed by atoms with E-state index in [0.29, 0.717) is 0 Å². The third-order valence-electron chi connectivity index (χ3n) is 2.39. The van der Waals surface area contributed by atoms with Crippen molar-refractivity contribution in [2.24, 2.45) is 5.73 Å². The molecule has 0 aliphatic heterocycles. The third kappa shape index (κ3) is 2.04. The van der Waals surface area contributed by atoms with Gasteiger partial charge in [-0.2, -0.15) is 4.98 Å². The standard InChI is InChI=1S/C11H12F2N4O/c1-17(2)10-7(13)4-3-6(12)9(10)11-15-8(5-14)18-16-11/h3-4H,5,14H2,1-2H3. The number of halogens is 2. The van der Waals surface area contributed by atoms with Crippen LogP contribution >= 0.6 is 0 Å². The summed E-state index contributed by atoms with van der Waals surface area (Å²) in [7, 11) is 3.20. The molecule has 2 N–H and O–H groups in total. The minimum atomic E-state index is -0.621. The fourth-order valence-electron chi connectivity index (χ4n) is 1.63. The van der Waals surface area contributed by atoms with Gasteiger partial charge in [0.2, 0.25) is 11.7 Å². The Labute approximate surface area is 102 Å². The van der Waals surface area contributed by atoms with Gasteiger partial charge in [-0.1, -0.05) is 5.16 Å². The highest BCUT2D eigenvalue weighted by Gasteiger charge is 2.21. The fourth-order valence-corrected chi connectivity index (χ4v) is 1.63. The number of hydrogen-bond acceptors (Lipinski definition) is 5. The smallest absolute Gasteiger partial charge is 0.240 e. The molecule has 0 saturated carbocycles. The molecule has 0 aliphatic rings. The van der Waals surface area contributed by atoms with Crippen LogP contribution in [0.1, 0.15) is 5.89 Å². The number of nitrogens with zero attached hydrogens (tertiary/aromatic N) is 3. The lowest BCUT2D eigenvalue weighted by molar-refractivity contribution is 0.380. The fraction of sp³-hybridized carbons (Fsp3) is 0.273. The molecular weight excluding hydrogens is 242 g/mol. The number of nitrogens with two attached hydrogens (primary N) is 1. The van der Waals surface area contributed by atoms with Gasteiger partial charge in [0, 0.05) is 14.1 Å². The van der Waals surface area contributed by atoms with E-state index < -0.39 is 11.6 Å². The van der Waals surface area contributed by atoms with E-state index >= 15 is 0 Å². The molecular formula is C11H12F2N4O. The average molecular weight is 254 g/mol. The summed E-state index contributed by atoms with van der Waals surface area (Å²) in [5, 5.41) is 3.60. The summed E-state index contributed by atoms with van der Waals surface area (Å²) in [5.41, 5.74) is 5.36. The molecule has 96 valence electrons. The number of anilines is 1. The van der Waals surface area contributed by atoms with E-state index in [1.54, 1.807) is 14.1 Å². The zero-order valence-electron chi connectivity index (χ0n) is 9.94. The summed E-state index contributed by atoms with van der Waals surface area (Å²) in [6.45, 7) is 0.0429. The van der Waals surface area contributed by atoms with Crippen molar-refractivity contribution in [3.05, 3.63) is 29.7 Å². The monoisotopic (exact) mass is 254 g/mol. The van der Waals surface area contributed by atoms with Gasteiger partial charge in [0.15, 0.2) is 0 Å².